The van der Waals surface area contributed by atoms with Gasteiger partial charge in [-0.25, -0.2) is 8.42 Å². The molecule has 1 saturated heterocycles. The molecule has 1 atom stereocenters. The van der Waals surface area contributed by atoms with Crippen LogP contribution in [0.1, 0.15) is 38.8 Å². The lowest BCUT2D eigenvalue weighted by Gasteiger charge is -2.36. The molecule has 1 aliphatic rings. The van der Waals surface area contributed by atoms with Gasteiger partial charge in [-0.15, -0.1) is 11.3 Å². The molecule has 174 valence electrons. The van der Waals surface area contributed by atoms with E-state index in [1.807, 2.05) is 18.2 Å². The van der Waals surface area contributed by atoms with E-state index in [9.17, 15) is 13.5 Å². The Labute approximate surface area is 195 Å². The maximum Gasteiger partial charge on any atom is 0.252 e. The number of sulfonamides is 1. The Morgan fingerprint density at radius 3 is 2.38 bits per heavy atom. The molecule has 1 aromatic carbocycles. The fraction of sp³-hybridized carbons (Fsp3) is 0.500. The number of methoxy groups -OCH3 is 1. The van der Waals surface area contributed by atoms with Crippen molar-refractivity contribution in [3.05, 3.63) is 46.8 Å². The highest BCUT2D eigenvalue weighted by Crippen LogP contribution is 2.29. The van der Waals surface area contributed by atoms with Crippen LogP contribution in [0.3, 0.4) is 0 Å². The standard InChI is InChI=1S/C24H32N2O4S2/c1-18(2)22(30-5)11-8-19-17-20(24(3,4)27)9-10-21(19)25-12-14-26(15-13-25)32(28,29)23-7-6-16-31-23/h6-7,9-10,16-18,22,27H,12-15H2,1-5H3/t22-/m1/s1. The number of hydrogen-bond acceptors (Lipinski definition) is 6. The highest BCUT2D eigenvalue weighted by molar-refractivity contribution is 7.91. The van der Waals surface area contributed by atoms with Crippen molar-refractivity contribution < 1.29 is 18.3 Å². The van der Waals surface area contributed by atoms with Gasteiger partial charge in [-0.2, -0.15) is 4.31 Å². The number of thiophene rings is 1. The fourth-order valence-corrected chi connectivity index (χ4v) is 6.21. The van der Waals surface area contributed by atoms with Crippen LogP contribution in [0.2, 0.25) is 0 Å². The summed E-state index contributed by atoms with van der Waals surface area (Å²) >= 11 is 1.24. The molecule has 3 rings (SSSR count). The molecule has 2 aromatic rings. The summed E-state index contributed by atoms with van der Waals surface area (Å²) in [6.07, 6.45) is -0.193. The van der Waals surface area contributed by atoms with Gasteiger partial charge < -0.3 is 14.7 Å². The summed E-state index contributed by atoms with van der Waals surface area (Å²) in [5.74, 6) is 6.72. The third-order valence-electron chi connectivity index (χ3n) is 5.58. The van der Waals surface area contributed by atoms with E-state index in [2.05, 4.69) is 30.6 Å². The van der Waals surface area contributed by atoms with Crippen LogP contribution in [-0.2, 0) is 20.4 Å². The lowest BCUT2D eigenvalue weighted by atomic mass is 9.95. The zero-order valence-electron chi connectivity index (χ0n) is 19.3. The molecule has 1 N–H and O–H groups in total. The summed E-state index contributed by atoms with van der Waals surface area (Å²) in [6, 6.07) is 9.21. The van der Waals surface area contributed by atoms with Crippen LogP contribution in [0, 0.1) is 17.8 Å². The number of nitrogens with zero attached hydrogens (tertiary/aromatic N) is 2. The second-order valence-electron chi connectivity index (χ2n) is 8.78. The summed E-state index contributed by atoms with van der Waals surface area (Å²) in [4.78, 5) is 2.16. The molecule has 0 bridgehead atoms. The van der Waals surface area contributed by atoms with E-state index in [4.69, 9.17) is 4.74 Å². The predicted molar refractivity (Wildman–Crippen MR) is 129 cm³/mol. The van der Waals surface area contributed by atoms with E-state index in [0.29, 0.717) is 30.4 Å². The number of anilines is 1. The van der Waals surface area contributed by atoms with Crippen molar-refractivity contribution in [2.75, 3.05) is 38.2 Å². The Balaban J connectivity index is 1.87. The maximum absolute atomic E-state index is 12.8. The van der Waals surface area contributed by atoms with Crippen LogP contribution in [-0.4, -0.2) is 57.2 Å². The quantitative estimate of drug-likeness (QED) is 0.646. The number of ether oxygens (including phenoxy) is 1. The van der Waals surface area contributed by atoms with Gasteiger partial charge in [0.2, 0.25) is 0 Å². The van der Waals surface area contributed by atoms with Crippen molar-refractivity contribution >= 4 is 27.0 Å². The van der Waals surface area contributed by atoms with Gasteiger partial charge >= 0.3 is 0 Å². The second-order valence-corrected chi connectivity index (χ2v) is 11.9. The highest BCUT2D eigenvalue weighted by atomic mass is 32.2. The molecule has 8 heteroatoms. The summed E-state index contributed by atoms with van der Waals surface area (Å²) in [5.41, 5.74) is 1.54. The second kappa shape index (κ2) is 9.94. The number of piperazine rings is 1. The average molecular weight is 477 g/mol. The van der Waals surface area contributed by atoms with Crippen molar-refractivity contribution in [3.63, 3.8) is 0 Å². The molecule has 1 fully saturated rings. The molecule has 6 nitrogen and oxygen atoms in total. The Hall–Kier alpha value is -1.89. The van der Waals surface area contributed by atoms with Crippen LogP contribution in [0.15, 0.2) is 39.9 Å². The van der Waals surface area contributed by atoms with Crippen molar-refractivity contribution in [1.82, 2.24) is 4.31 Å². The lowest BCUT2D eigenvalue weighted by molar-refractivity contribution is 0.0786. The van der Waals surface area contributed by atoms with Crippen LogP contribution in [0.4, 0.5) is 5.69 Å². The molecule has 0 unspecified atom stereocenters. The van der Waals surface area contributed by atoms with E-state index in [1.165, 1.54) is 11.3 Å². The van der Waals surface area contributed by atoms with Gasteiger partial charge in [0.05, 0.1) is 11.3 Å². The summed E-state index contributed by atoms with van der Waals surface area (Å²) < 4.78 is 33.1. The number of hydrogen-bond donors (Lipinski definition) is 1. The average Bonchev–Trinajstić information content (AvgIpc) is 3.29. The van der Waals surface area contributed by atoms with E-state index in [-0.39, 0.29) is 12.0 Å². The van der Waals surface area contributed by atoms with Crippen molar-refractivity contribution in [2.45, 2.75) is 43.6 Å². The minimum absolute atomic E-state index is 0.193. The van der Waals surface area contributed by atoms with Gasteiger partial charge in [-0.3, -0.25) is 0 Å². The van der Waals surface area contributed by atoms with Gasteiger partial charge in [0.15, 0.2) is 0 Å². The molecule has 0 saturated carbocycles. The lowest BCUT2D eigenvalue weighted by Crippen LogP contribution is -2.48. The minimum Gasteiger partial charge on any atom is -0.386 e. The smallest absolute Gasteiger partial charge is 0.252 e. The Morgan fingerprint density at radius 2 is 1.84 bits per heavy atom. The first kappa shape index (κ1) is 24.7. The Kier molecular flexibility index (Phi) is 7.69. The van der Waals surface area contributed by atoms with Crippen molar-refractivity contribution in [1.29, 1.82) is 0 Å². The molecule has 2 heterocycles. The summed E-state index contributed by atoms with van der Waals surface area (Å²) in [6.45, 7) is 9.58. The normalized spacial score (nSPS) is 16.7. The van der Waals surface area contributed by atoms with Crippen LogP contribution < -0.4 is 4.90 Å². The Bertz CT molecular complexity index is 1070. The van der Waals surface area contributed by atoms with Crippen molar-refractivity contribution in [3.8, 4) is 11.8 Å². The number of aliphatic hydroxyl groups is 1. The third-order valence-corrected chi connectivity index (χ3v) is 8.85. The molecule has 32 heavy (non-hydrogen) atoms. The number of benzene rings is 1. The zero-order valence-corrected chi connectivity index (χ0v) is 21.0. The molecule has 1 aromatic heterocycles. The molecular weight excluding hydrogens is 444 g/mol. The van der Waals surface area contributed by atoms with Gasteiger partial charge in [-0.05, 0) is 48.9 Å². The fourth-order valence-electron chi connectivity index (χ4n) is 3.65. The van der Waals surface area contributed by atoms with Gasteiger partial charge in [0.1, 0.15) is 10.3 Å². The van der Waals surface area contributed by atoms with Gasteiger partial charge in [0.25, 0.3) is 10.0 Å². The van der Waals surface area contributed by atoms with Gasteiger partial charge in [0, 0.05) is 38.9 Å². The molecule has 1 aliphatic heterocycles. The van der Waals surface area contributed by atoms with Gasteiger partial charge in [-0.1, -0.05) is 37.8 Å². The molecule has 0 spiro atoms. The largest absolute Gasteiger partial charge is 0.386 e. The first-order chi connectivity index (χ1) is 15.0. The molecule has 0 amide bonds. The minimum atomic E-state index is -3.45. The highest BCUT2D eigenvalue weighted by Gasteiger charge is 2.30. The maximum atomic E-state index is 12.8. The SMILES string of the molecule is CO[C@H](C#Cc1cc(C(C)(C)O)ccc1N1CCN(S(=O)(=O)c2cccs2)CC1)C(C)C. The molecule has 0 radical (unpaired) electrons. The summed E-state index contributed by atoms with van der Waals surface area (Å²) in [5, 5.41) is 12.3. The zero-order chi connectivity index (χ0) is 23.5. The van der Waals surface area contributed by atoms with Crippen molar-refractivity contribution in [2.24, 2.45) is 5.92 Å². The van der Waals surface area contributed by atoms with E-state index in [1.54, 1.807) is 42.8 Å². The predicted octanol–water partition coefficient (Wildman–Crippen LogP) is 3.51. The van der Waals surface area contributed by atoms with E-state index < -0.39 is 15.6 Å². The molecular formula is C24H32N2O4S2. The van der Waals surface area contributed by atoms with E-state index >= 15 is 0 Å². The first-order valence-corrected chi connectivity index (χ1v) is 13.1. The van der Waals surface area contributed by atoms with Crippen LogP contribution >= 0.6 is 11.3 Å². The molecule has 0 aliphatic carbocycles. The van der Waals surface area contributed by atoms with Crippen LogP contribution in [0.5, 0.6) is 0 Å². The number of rotatable bonds is 6. The third kappa shape index (κ3) is 5.53. The van der Waals surface area contributed by atoms with E-state index in [0.717, 1.165) is 16.8 Å². The topological polar surface area (TPSA) is 70.1 Å². The monoisotopic (exact) mass is 476 g/mol. The first-order valence-electron chi connectivity index (χ1n) is 10.7. The summed E-state index contributed by atoms with van der Waals surface area (Å²) in [7, 11) is -1.79. The Morgan fingerprint density at radius 1 is 1.16 bits per heavy atom. The van der Waals surface area contributed by atoms with Crippen LogP contribution in [0.25, 0.3) is 0 Å².